The molecule has 1 aliphatic rings. The zero-order valence-corrected chi connectivity index (χ0v) is 13.3. The molecule has 0 radical (unpaired) electrons. The van der Waals surface area contributed by atoms with Crippen molar-refractivity contribution in [1.29, 1.82) is 0 Å². The van der Waals surface area contributed by atoms with Crippen LogP contribution in [0.2, 0.25) is 0 Å². The van der Waals surface area contributed by atoms with Crippen molar-refractivity contribution in [2.75, 3.05) is 6.54 Å². The highest BCUT2D eigenvalue weighted by Crippen LogP contribution is 2.33. The molecule has 0 spiro atoms. The highest BCUT2D eigenvalue weighted by molar-refractivity contribution is 7.13. The van der Waals surface area contributed by atoms with Gasteiger partial charge in [-0.1, -0.05) is 13.3 Å². The quantitative estimate of drug-likeness (QED) is 0.898. The van der Waals surface area contributed by atoms with Crippen LogP contribution in [-0.2, 0) is 0 Å². The number of hydrogen-bond donors (Lipinski definition) is 2. The van der Waals surface area contributed by atoms with E-state index in [2.05, 4.69) is 17.2 Å². The van der Waals surface area contributed by atoms with Crippen LogP contribution in [0.4, 0.5) is 0 Å². The lowest BCUT2D eigenvalue weighted by molar-refractivity contribution is -0.00784. The van der Waals surface area contributed by atoms with Gasteiger partial charge in [0.2, 0.25) is 0 Å². The maximum Gasteiger partial charge on any atom is 0.263 e. The van der Waals surface area contributed by atoms with E-state index in [1.807, 2.05) is 13.8 Å². The Labute approximate surface area is 124 Å². The van der Waals surface area contributed by atoms with E-state index in [4.69, 9.17) is 0 Å². The van der Waals surface area contributed by atoms with Crippen LogP contribution in [-0.4, -0.2) is 28.1 Å². The normalized spacial score (nSPS) is 26.5. The number of aromatic nitrogens is 1. The first-order chi connectivity index (χ1) is 9.43. The highest BCUT2D eigenvalue weighted by atomic mass is 32.1. The van der Waals surface area contributed by atoms with E-state index in [1.54, 1.807) is 0 Å². The molecule has 2 N–H and O–H groups in total. The molecular weight excluding hydrogens is 272 g/mol. The molecule has 2 rings (SSSR count). The first kappa shape index (κ1) is 15.4. The lowest BCUT2D eigenvalue weighted by atomic mass is 9.78. The van der Waals surface area contributed by atoms with E-state index in [1.165, 1.54) is 17.8 Å². The summed E-state index contributed by atoms with van der Waals surface area (Å²) in [5, 5.41) is 14.3. The van der Waals surface area contributed by atoms with Crippen LogP contribution >= 0.6 is 11.3 Å². The van der Waals surface area contributed by atoms with Crippen LogP contribution in [0.3, 0.4) is 0 Å². The van der Waals surface area contributed by atoms with Crippen LogP contribution in [0.25, 0.3) is 0 Å². The predicted octanol–water partition coefficient (Wildman–Crippen LogP) is 2.82. The third-order valence-corrected chi connectivity index (χ3v) is 5.37. The fourth-order valence-electron chi connectivity index (χ4n) is 2.87. The van der Waals surface area contributed by atoms with Gasteiger partial charge >= 0.3 is 0 Å². The van der Waals surface area contributed by atoms with Gasteiger partial charge in [0.25, 0.3) is 5.91 Å². The van der Waals surface area contributed by atoms with Gasteiger partial charge in [-0.05, 0) is 45.4 Å². The number of rotatable bonds is 4. The molecule has 1 aromatic heterocycles. The van der Waals surface area contributed by atoms with Crippen LogP contribution < -0.4 is 5.32 Å². The van der Waals surface area contributed by atoms with E-state index in [0.29, 0.717) is 11.4 Å². The number of nitrogens with one attached hydrogen (secondary N) is 1. The Morgan fingerprint density at radius 1 is 1.45 bits per heavy atom. The maximum absolute atomic E-state index is 12.1. The summed E-state index contributed by atoms with van der Waals surface area (Å²) in [6.07, 6.45) is 4.86. The van der Waals surface area contributed by atoms with E-state index in [0.717, 1.165) is 42.3 Å². The molecule has 1 heterocycles. The van der Waals surface area contributed by atoms with Gasteiger partial charge in [0.15, 0.2) is 0 Å². The van der Waals surface area contributed by atoms with Gasteiger partial charge < -0.3 is 10.4 Å². The Hall–Kier alpha value is -0.940. The fourth-order valence-corrected chi connectivity index (χ4v) is 3.70. The molecule has 5 heteroatoms. The fraction of sp³-hybridized carbons (Fsp3) is 0.733. The molecule has 1 aliphatic carbocycles. The highest BCUT2D eigenvalue weighted by Gasteiger charge is 2.33. The second-order valence-corrected chi connectivity index (χ2v) is 7.11. The van der Waals surface area contributed by atoms with Crippen molar-refractivity contribution in [3.63, 3.8) is 0 Å². The second kappa shape index (κ2) is 6.22. The third-order valence-electron chi connectivity index (χ3n) is 4.30. The topological polar surface area (TPSA) is 62.2 Å². The van der Waals surface area contributed by atoms with Crippen LogP contribution in [0.5, 0.6) is 0 Å². The van der Waals surface area contributed by atoms with Gasteiger partial charge in [-0.15, -0.1) is 11.3 Å². The number of thiazole rings is 1. The minimum absolute atomic E-state index is 0.112. The van der Waals surface area contributed by atoms with Crippen LogP contribution in [0, 0.1) is 19.8 Å². The Kier molecular flexibility index (Phi) is 4.81. The Morgan fingerprint density at radius 3 is 2.60 bits per heavy atom. The molecule has 0 bridgehead atoms. The van der Waals surface area contributed by atoms with E-state index >= 15 is 0 Å². The number of hydrogen-bond acceptors (Lipinski definition) is 4. The molecule has 1 aromatic rings. The standard InChI is InChI=1S/C15H24N2O2S/c1-4-12-5-7-15(19,8-6-12)9-16-14(18)13-10(2)17-11(3)20-13/h12,19H,4-9H2,1-3H3,(H,16,18). The van der Waals surface area contributed by atoms with Crippen molar-refractivity contribution < 1.29 is 9.90 Å². The molecule has 0 aliphatic heterocycles. The summed E-state index contributed by atoms with van der Waals surface area (Å²) in [4.78, 5) is 17.1. The first-order valence-corrected chi connectivity index (χ1v) is 8.20. The van der Waals surface area contributed by atoms with Crippen molar-refractivity contribution in [3.8, 4) is 0 Å². The first-order valence-electron chi connectivity index (χ1n) is 7.38. The molecule has 1 saturated carbocycles. The minimum Gasteiger partial charge on any atom is -0.388 e. The molecule has 20 heavy (non-hydrogen) atoms. The summed E-state index contributed by atoms with van der Waals surface area (Å²) in [7, 11) is 0. The van der Waals surface area contributed by atoms with Crippen molar-refractivity contribution >= 4 is 17.2 Å². The van der Waals surface area contributed by atoms with Crippen molar-refractivity contribution in [1.82, 2.24) is 10.3 Å². The van der Waals surface area contributed by atoms with Gasteiger partial charge in [-0.25, -0.2) is 4.98 Å². The zero-order valence-electron chi connectivity index (χ0n) is 12.5. The molecule has 1 fully saturated rings. The lowest BCUT2D eigenvalue weighted by Crippen LogP contribution is -2.45. The summed E-state index contributed by atoms with van der Waals surface area (Å²) in [5.74, 6) is 0.622. The molecule has 0 saturated heterocycles. The SMILES string of the molecule is CCC1CCC(O)(CNC(=O)c2sc(C)nc2C)CC1. The predicted molar refractivity (Wildman–Crippen MR) is 81.1 cm³/mol. The Balaban J connectivity index is 1.89. The summed E-state index contributed by atoms with van der Waals surface area (Å²) in [6, 6.07) is 0. The maximum atomic E-state index is 12.1. The number of carbonyl (C=O) groups excluding carboxylic acids is 1. The monoisotopic (exact) mass is 296 g/mol. The second-order valence-electron chi connectivity index (χ2n) is 5.91. The third kappa shape index (κ3) is 3.58. The molecule has 0 aromatic carbocycles. The molecule has 1 amide bonds. The van der Waals surface area contributed by atoms with E-state index in [-0.39, 0.29) is 5.91 Å². The average molecular weight is 296 g/mol. The number of aryl methyl sites for hydroxylation is 2. The van der Waals surface area contributed by atoms with Crippen LogP contribution in [0.15, 0.2) is 0 Å². The molecule has 4 nitrogen and oxygen atoms in total. The Morgan fingerprint density at radius 2 is 2.10 bits per heavy atom. The Bertz CT molecular complexity index is 476. The molecule has 0 unspecified atom stereocenters. The number of amides is 1. The van der Waals surface area contributed by atoms with E-state index < -0.39 is 5.60 Å². The number of nitrogens with zero attached hydrogens (tertiary/aromatic N) is 1. The minimum atomic E-state index is -0.727. The van der Waals surface area contributed by atoms with Gasteiger partial charge in [0.1, 0.15) is 4.88 Å². The van der Waals surface area contributed by atoms with Crippen LogP contribution in [0.1, 0.15) is 59.4 Å². The van der Waals surface area contributed by atoms with E-state index in [9.17, 15) is 9.90 Å². The average Bonchev–Trinajstić information content (AvgIpc) is 2.76. The summed E-state index contributed by atoms with van der Waals surface area (Å²) in [6.45, 7) is 6.29. The van der Waals surface area contributed by atoms with Gasteiger partial charge in [-0.3, -0.25) is 4.79 Å². The summed E-state index contributed by atoms with van der Waals surface area (Å²) in [5.41, 5.74) is 0.0429. The summed E-state index contributed by atoms with van der Waals surface area (Å²) < 4.78 is 0. The number of carbonyl (C=O) groups is 1. The summed E-state index contributed by atoms with van der Waals surface area (Å²) >= 11 is 1.41. The van der Waals surface area contributed by atoms with Crippen molar-refractivity contribution in [3.05, 3.63) is 15.6 Å². The van der Waals surface area contributed by atoms with Gasteiger partial charge in [0.05, 0.1) is 16.3 Å². The van der Waals surface area contributed by atoms with Gasteiger partial charge in [0, 0.05) is 6.54 Å². The molecule has 112 valence electrons. The largest absolute Gasteiger partial charge is 0.388 e. The zero-order chi connectivity index (χ0) is 14.8. The molecule has 0 atom stereocenters. The lowest BCUT2D eigenvalue weighted by Gasteiger charge is -2.35. The van der Waals surface area contributed by atoms with Crippen molar-refractivity contribution in [2.24, 2.45) is 5.92 Å². The van der Waals surface area contributed by atoms with Crippen molar-refractivity contribution in [2.45, 2.75) is 58.5 Å². The number of aliphatic hydroxyl groups is 1. The molecular formula is C15H24N2O2S. The smallest absolute Gasteiger partial charge is 0.263 e. The van der Waals surface area contributed by atoms with Gasteiger partial charge in [-0.2, -0.15) is 0 Å².